The first-order valence-corrected chi connectivity index (χ1v) is 7.55. The number of nitrogens with one attached hydrogen (secondary N) is 1. The van der Waals surface area contributed by atoms with Crippen molar-refractivity contribution in [1.29, 1.82) is 0 Å². The van der Waals surface area contributed by atoms with Crippen LogP contribution < -0.4 is 5.56 Å². The van der Waals surface area contributed by atoms with Crippen molar-refractivity contribution in [3.63, 3.8) is 0 Å². The maximum absolute atomic E-state index is 12.3. The van der Waals surface area contributed by atoms with Crippen LogP contribution in [0.5, 0.6) is 5.75 Å². The number of aromatic amines is 1. The number of rotatable bonds is 2. The van der Waals surface area contributed by atoms with E-state index >= 15 is 0 Å². The van der Waals surface area contributed by atoms with Crippen LogP contribution in [-0.4, -0.2) is 51.3 Å². The fourth-order valence-corrected chi connectivity index (χ4v) is 2.47. The largest absolute Gasteiger partial charge is 0.501 e. The maximum atomic E-state index is 12.3. The molecule has 0 aromatic carbocycles. The topological polar surface area (TPSA) is 122 Å². The summed E-state index contributed by atoms with van der Waals surface area (Å²) in [6.45, 7) is 5.71. The standard InChI is InChI=1S/C15H21N3O6/c1-15(2,3)24-14(22)18-7-5-6-8(18)11-16-9(13(21)23-4)10(19)12(20)17-11/h8,19H,5-7H2,1-4H3,(H,16,17,20). The molecule has 0 saturated carbocycles. The van der Waals surface area contributed by atoms with E-state index in [1.165, 1.54) is 4.90 Å². The fraction of sp³-hybridized carbons (Fsp3) is 0.600. The predicted octanol–water partition coefficient (Wildman–Crippen LogP) is 1.33. The van der Waals surface area contributed by atoms with Gasteiger partial charge in [-0.15, -0.1) is 0 Å². The minimum atomic E-state index is -0.929. The molecule has 1 atom stereocenters. The second-order valence-electron chi connectivity index (χ2n) is 6.47. The molecule has 1 aromatic rings. The van der Waals surface area contributed by atoms with E-state index in [9.17, 15) is 19.5 Å². The van der Waals surface area contributed by atoms with Gasteiger partial charge in [0.2, 0.25) is 5.75 Å². The summed E-state index contributed by atoms with van der Waals surface area (Å²) in [7, 11) is 1.12. The highest BCUT2D eigenvalue weighted by Gasteiger charge is 2.35. The summed E-state index contributed by atoms with van der Waals surface area (Å²) in [5.41, 5.74) is -2.00. The van der Waals surface area contributed by atoms with E-state index in [0.29, 0.717) is 19.4 Å². The fourth-order valence-electron chi connectivity index (χ4n) is 2.47. The summed E-state index contributed by atoms with van der Waals surface area (Å²) in [6, 6.07) is -0.545. The van der Waals surface area contributed by atoms with Crippen molar-refractivity contribution < 1.29 is 24.2 Å². The number of carbonyl (C=O) groups is 2. The molecule has 2 N–H and O–H groups in total. The van der Waals surface area contributed by atoms with Gasteiger partial charge in [-0.05, 0) is 33.6 Å². The van der Waals surface area contributed by atoms with Crippen molar-refractivity contribution >= 4 is 12.1 Å². The molecule has 1 unspecified atom stereocenters. The second-order valence-corrected chi connectivity index (χ2v) is 6.47. The minimum Gasteiger partial charge on any atom is -0.501 e. The van der Waals surface area contributed by atoms with Crippen LogP contribution in [0.15, 0.2) is 4.79 Å². The van der Waals surface area contributed by atoms with Crippen molar-refractivity contribution in [2.24, 2.45) is 0 Å². The maximum Gasteiger partial charge on any atom is 0.410 e. The average Bonchev–Trinajstić information content (AvgIpc) is 2.97. The van der Waals surface area contributed by atoms with Gasteiger partial charge in [-0.2, -0.15) is 0 Å². The zero-order valence-electron chi connectivity index (χ0n) is 14.1. The van der Waals surface area contributed by atoms with Gasteiger partial charge in [-0.3, -0.25) is 9.69 Å². The number of carbonyl (C=O) groups excluding carboxylic acids is 2. The SMILES string of the molecule is COC(=O)c1nc(C2CCCN2C(=O)OC(C)(C)C)[nH]c(=O)c1O. The van der Waals surface area contributed by atoms with Gasteiger partial charge in [0.1, 0.15) is 11.4 Å². The lowest BCUT2D eigenvalue weighted by Crippen LogP contribution is -2.37. The summed E-state index contributed by atoms with van der Waals surface area (Å²) >= 11 is 0. The Balaban J connectivity index is 2.36. The minimum absolute atomic E-state index is 0.113. The molecule has 1 aromatic heterocycles. The Morgan fingerprint density at radius 3 is 2.62 bits per heavy atom. The Morgan fingerprint density at radius 2 is 2.04 bits per heavy atom. The van der Waals surface area contributed by atoms with Crippen molar-refractivity contribution in [3.05, 3.63) is 21.9 Å². The summed E-state index contributed by atoms with van der Waals surface area (Å²) < 4.78 is 9.86. The van der Waals surface area contributed by atoms with Gasteiger partial charge >= 0.3 is 12.1 Å². The third kappa shape index (κ3) is 3.66. The highest BCUT2D eigenvalue weighted by Crippen LogP contribution is 2.31. The molecule has 9 heteroatoms. The molecule has 0 radical (unpaired) electrons. The van der Waals surface area contributed by atoms with E-state index in [1.54, 1.807) is 20.8 Å². The number of likely N-dealkylation sites (tertiary alicyclic amines) is 1. The Hall–Kier alpha value is -2.58. The van der Waals surface area contributed by atoms with Crippen LogP contribution in [0, 0.1) is 0 Å². The molecule has 2 heterocycles. The molecule has 0 bridgehead atoms. The normalized spacial score (nSPS) is 17.7. The van der Waals surface area contributed by atoms with Crippen LogP contribution >= 0.6 is 0 Å². The molecule has 2 rings (SSSR count). The van der Waals surface area contributed by atoms with Crippen LogP contribution in [0.1, 0.15) is 56.0 Å². The van der Waals surface area contributed by atoms with Crippen LogP contribution in [0.2, 0.25) is 0 Å². The van der Waals surface area contributed by atoms with Crippen LogP contribution in [-0.2, 0) is 9.47 Å². The zero-order valence-corrected chi connectivity index (χ0v) is 14.1. The Kier molecular flexibility index (Phi) is 4.81. The first-order chi connectivity index (χ1) is 11.1. The molecule has 1 aliphatic heterocycles. The first kappa shape index (κ1) is 17.8. The number of nitrogens with zero attached hydrogens (tertiary/aromatic N) is 2. The monoisotopic (exact) mass is 339 g/mol. The molecular formula is C15H21N3O6. The van der Waals surface area contributed by atoms with Gasteiger partial charge in [-0.1, -0.05) is 0 Å². The lowest BCUT2D eigenvalue weighted by atomic mass is 10.2. The molecule has 1 aliphatic rings. The number of H-pyrrole nitrogens is 1. The van der Waals surface area contributed by atoms with Gasteiger partial charge in [0.15, 0.2) is 5.69 Å². The summed E-state index contributed by atoms with van der Waals surface area (Å²) in [6.07, 6.45) is 0.718. The molecule has 0 aliphatic carbocycles. The van der Waals surface area contributed by atoms with Gasteiger partial charge in [0.25, 0.3) is 5.56 Å². The summed E-state index contributed by atoms with van der Waals surface area (Å²) in [5.74, 6) is -1.63. The number of ether oxygens (including phenoxy) is 2. The Morgan fingerprint density at radius 1 is 1.38 bits per heavy atom. The average molecular weight is 339 g/mol. The van der Waals surface area contributed by atoms with Crippen molar-refractivity contribution in [2.75, 3.05) is 13.7 Å². The molecule has 24 heavy (non-hydrogen) atoms. The van der Waals surface area contributed by atoms with E-state index in [-0.39, 0.29) is 5.82 Å². The number of hydrogen-bond donors (Lipinski definition) is 2. The van der Waals surface area contributed by atoms with Gasteiger partial charge in [0, 0.05) is 6.54 Å². The van der Waals surface area contributed by atoms with Crippen molar-refractivity contribution in [3.8, 4) is 5.75 Å². The third-order valence-electron chi connectivity index (χ3n) is 3.49. The quantitative estimate of drug-likeness (QED) is 0.779. The highest BCUT2D eigenvalue weighted by molar-refractivity contribution is 5.89. The number of aromatic nitrogens is 2. The second kappa shape index (κ2) is 6.50. The molecule has 1 saturated heterocycles. The molecule has 9 nitrogen and oxygen atoms in total. The molecule has 132 valence electrons. The first-order valence-electron chi connectivity index (χ1n) is 7.55. The lowest BCUT2D eigenvalue weighted by Gasteiger charge is -2.28. The number of amides is 1. The Labute approximate surface area is 138 Å². The van der Waals surface area contributed by atoms with Crippen LogP contribution in [0.25, 0.3) is 0 Å². The van der Waals surface area contributed by atoms with E-state index in [0.717, 1.165) is 7.11 Å². The van der Waals surface area contributed by atoms with Crippen LogP contribution in [0.4, 0.5) is 4.79 Å². The van der Waals surface area contributed by atoms with Crippen molar-refractivity contribution in [2.45, 2.75) is 45.3 Å². The number of aromatic hydroxyl groups is 1. The molecular weight excluding hydrogens is 318 g/mol. The predicted molar refractivity (Wildman–Crippen MR) is 82.8 cm³/mol. The molecule has 1 amide bonds. The smallest absolute Gasteiger partial charge is 0.410 e. The van der Waals surface area contributed by atoms with E-state index in [2.05, 4.69) is 14.7 Å². The third-order valence-corrected chi connectivity index (χ3v) is 3.49. The summed E-state index contributed by atoms with van der Waals surface area (Å²) in [5, 5.41) is 9.68. The van der Waals surface area contributed by atoms with Crippen LogP contribution in [0.3, 0.4) is 0 Å². The van der Waals surface area contributed by atoms with E-state index < -0.39 is 40.7 Å². The van der Waals surface area contributed by atoms with Gasteiger partial charge in [-0.25, -0.2) is 14.6 Å². The number of esters is 1. The van der Waals surface area contributed by atoms with Crippen molar-refractivity contribution in [1.82, 2.24) is 14.9 Å². The summed E-state index contributed by atoms with van der Waals surface area (Å²) in [4.78, 5) is 43.7. The highest BCUT2D eigenvalue weighted by atomic mass is 16.6. The Bertz CT molecular complexity index is 706. The van der Waals surface area contributed by atoms with Gasteiger partial charge in [0.05, 0.1) is 13.2 Å². The molecule has 0 spiro atoms. The lowest BCUT2D eigenvalue weighted by molar-refractivity contribution is 0.0218. The van der Waals surface area contributed by atoms with Gasteiger partial charge < -0.3 is 19.6 Å². The number of hydrogen-bond acceptors (Lipinski definition) is 7. The van der Waals surface area contributed by atoms with E-state index in [4.69, 9.17) is 4.74 Å². The number of methoxy groups -OCH3 is 1. The zero-order chi connectivity index (χ0) is 18.1. The molecule has 1 fully saturated rings. The van der Waals surface area contributed by atoms with E-state index in [1.807, 2.05) is 0 Å².